The van der Waals surface area contributed by atoms with E-state index >= 15 is 0 Å². The van der Waals surface area contributed by atoms with E-state index in [1.807, 2.05) is 0 Å². The van der Waals surface area contributed by atoms with E-state index in [0.29, 0.717) is 29.5 Å². The van der Waals surface area contributed by atoms with Crippen molar-refractivity contribution in [3.8, 4) is 5.75 Å². The van der Waals surface area contributed by atoms with Crippen molar-refractivity contribution in [1.29, 1.82) is 0 Å². The topological polar surface area (TPSA) is 49.9 Å². The predicted molar refractivity (Wildman–Crippen MR) is 77.2 cm³/mol. The predicted octanol–water partition coefficient (Wildman–Crippen LogP) is 1.93. The molecule has 0 aliphatic carbocycles. The molecule has 20 heavy (non-hydrogen) atoms. The van der Waals surface area contributed by atoms with Crippen LogP contribution in [-0.4, -0.2) is 43.0 Å². The Morgan fingerprint density at radius 3 is 2.70 bits per heavy atom. The molecule has 0 bridgehead atoms. The molecule has 5 nitrogen and oxygen atoms in total. The van der Waals surface area contributed by atoms with Gasteiger partial charge in [0.2, 0.25) is 11.8 Å². The molecule has 1 unspecified atom stereocenters. The minimum atomic E-state index is -0.482. The highest BCUT2D eigenvalue weighted by Gasteiger charge is 2.34. The first-order valence-corrected chi connectivity index (χ1v) is 6.75. The van der Waals surface area contributed by atoms with Crippen molar-refractivity contribution >= 4 is 29.1 Å². The first kappa shape index (κ1) is 14.7. The number of carbonyl (C=O) groups excluding carboxylic acids is 2. The van der Waals surface area contributed by atoms with Gasteiger partial charge >= 0.3 is 0 Å². The van der Waals surface area contributed by atoms with Crippen LogP contribution in [0.4, 0.5) is 5.69 Å². The van der Waals surface area contributed by atoms with Crippen LogP contribution in [-0.2, 0) is 9.59 Å². The van der Waals surface area contributed by atoms with Crippen molar-refractivity contribution in [2.75, 3.05) is 25.1 Å². The number of rotatable bonds is 2. The molecule has 0 N–H and O–H groups in total. The lowest BCUT2D eigenvalue weighted by Gasteiger charge is -2.39. The molecule has 0 radical (unpaired) electrons. The molecule has 2 rings (SSSR count). The molecule has 1 aliphatic rings. The minimum Gasteiger partial charge on any atom is -0.495 e. The lowest BCUT2D eigenvalue weighted by Crippen LogP contribution is -2.57. The molecule has 1 atom stereocenters. The molecule has 6 heteroatoms. The lowest BCUT2D eigenvalue weighted by molar-refractivity contribution is -0.139. The Morgan fingerprint density at radius 1 is 1.40 bits per heavy atom. The number of piperazine rings is 1. The fraction of sp³-hybridized carbons (Fsp3) is 0.429. The second-order valence-electron chi connectivity index (χ2n) is 4.69. The van der Waals surface area contributed by atoms with E-state index in [9.17, 15) is 9.59 Å². The van der Waals surface area contributed by atoms with Gasteiger partial charge in [-0.2, -0.15) is 0 Å². The largest absolute Gasteiger partial charge is 0.495 e. The third kappa shape index (κ3) is 2.58. The second-order valence-corrected chi connectivity index (χ2v) is 5.13. The molecular weight excluding hydrogens is 280 g/mol. The Bertz CT molecular complexity index is 547. The Balaban J connectivity index is 2.33. The fourth-order valence-corrected chi connectivity index (χ4v) is 2.58. The van der Waals surface area contributed by atoms with E-state index < -0.39 is 6.04 Å². The maximum absolute atomic E-state index is 12.5. The van der Waals surface area contributed by atoms with Crippen LogP contribution in [0.25, 0.3) is 0 Å². The van der Waals surface area contributed by atoms with Crippen LogP contribution in [0, 0.1) is 0 Å². The highest BCUT2D eigenvalue weighted by Crippen LogP contribution is 2.33. The average molecular weight is 297 g/mol. The van der Waals surface area contributed by atoms with E-state index in [2.05, 4.69) is 0 Å². The first-order chi connectivity index (χ1) is 9.45. The van der Waals surface area contributed by atoms with Gasteiger partial charge in [0, 0.05) is 25.0 Å². The summed E-state index contributed by atoms with van der Waals surface area (Å²) < 4.78 is 5.28. The van der Waals surface area contributed by atoms with E-state index in [0.717, 1.165) is 0 Å². The van der Waals surface area contributed by atoms with Crippen LogP contribution in [0.3, 0.4) is 0 Å². The van der Waals surface area contributed by atoms with E-state index in [1.165, 1.54) is 6.92 Å². The summed E-state index contributed by atoms with van der Waals surface area (Å²) in [5.74, 6) is 0.363. The van der Waals surface area contributed by atoms with Crippen molar-refractivity contribution in [3.05, 3.63) is 23.2 Å². The summed E-state index contributed by atoms with van der Waals surface area (Å²) in [5.41, 5.74) is 0.639. The molecule has 1 aromatic rings. The van der Waals surface area contributed by atoms with Crippen LogP contribution < -0.4 is 9.64 Å². The Labute approximate surface area is 123 Å². The Kier molecular flexibility index (Phi) is 4.18. The quantitative estimate of drug-likeness (QED) is 0.838. The van der Waals surface area contributed by atoms with E-state index in [1.54, 1.807) is 42.0 Å². The van der Waals surface area contributed by atoms with Gasteiger partial charge in [-0.3, -0.25) is 9.59 Å². The molecule has 1 heterocycles. The number of nitrogens with zero attached hydrogens (tertiary/aromatic N) is 2. The standard InChI is InChI=1S/C14H17ClN2O3/c1-9-14(19)17(7-6-16(9)10(2)18)12-8-11(15)4-5-13(12)20-3/h4-5,8-9H,6-7H2,1-3H3. The number of hydrogen-bond donors (Lipinski definition) is 0. The van der Waals surface area contributed by atoms with Gasteiger partial charge in [0.25, 0.3) is 0 Å². The number of benzene rings is 1. The summed E-state index contributed by atoms with van der Waals surface area (Å²) in [4.78, 5) is 27.1. The van der Waals surface area contributed by atoms with Crippen molar-refractivity contribution in [1.82, 2.24) is 4.90 Å². The van der Waals surface area contributed by atoms with Gasteiger partial charge in [0.15, 0.2) is 0 Å². The maximum Gasteiger partial charge on any atom is 0.249 e. The number of hydrogen-bond acceptors (Lipinski definition) is 3. The van der Waals surface area contributed by atoms with Gasteiger partial charge in [0.05, 0.1) is 12.8 Å². The summed E-state index contributed by atoms with van der Waals surface area (Å²) in [6.45, 7) is 4.13. The molecule has 2 amide bonds. The van der Waals surface area contributed by atoms with Crippen molar-refractivity contribution in [2.45, 2.75) is 19.9 Å². The number of halogens is 1. The highest BCUT2D eigenvalue weighted by atomic mass is 35.5. The number of methoxy groups -OCH3 is 1. The monoisotopic (exact) mass is 296 g/mol. The average Bonchev–Trinajstić information content (AvgIpc) is 2.41. The summed E-state index contributed by atoms with van der Waals surface area (Å²) in [6, 6.07) is 4.66. The summed E-state index contributed by atoms with van der Waals surface area (Å²) in [7, 11) is 1.55. The molecule has 0 aromatic heterocycles. The zero-order valence-electron chi connectivity index (χ0n) is 11.7. The first-order valence-electron chi connectivity index (χ1n) is 6.38. The van der Waals surface area contributed by atoms with Crippen LogP contribution >= 0.6 is 11.6 Å². The van der Waals surface area contributed by atoms with Crippen LogP contribution in [0.1, 0.15) is 13.8 Å². The summed E-state index contributed by atoms with van der Waals surface area (Å²) >= 11 is 6.00. The normalized spacial score (nSPS) is 19.2. The zero-order valence-corrected chi connectivity index (χ0v) is 12.5. The summed E-state index contributed by atoms with van der Waals surface area (Å²) in [6.07, 6.45) is 0. The molecule has 1 fully saturated rings. The SMILES string of the molecule is COc1ccc(Cl)cc1N1CCN(C(C)=O)C(C)C1=O. The van der Waals surface area contributed by atoms with Gasteiger partial charge in [-0.25, -0.2) is 0 Å². The van der Waals surface area contributed by atoms with Crippen LogP contribution in [0.15, 0.2) is 18.2 Å². The number of ether oxygens (including phenoxy) is 1. The number of amides is 2. The van der Waals surface area contributed by atoms with Crippen molar-refractivity contribution in [2.24, 2.45) is 0 Å². The van der Waals surface area contributed by atoms with Crippen molar-refractivity contribution < 1.29 is 14.3 Å². The molecular formula is C14H17ClN2O3. The molecule has 0 spiro atoms. The second kappa shape index (κ2) is 5.71. The summed E-state index contributed by atoms with van der Waals surface area (Å²) in [5, 5.41) is 0.537. The van der Waals surface area contributed by atoms with Gasteiger partial charge in [-0.05, 0) is 25.1 Å². The van der Waals surface area contributed by atoms with Crippen LogP contribution in [0.5, 0.6) is 5.75 Å². The lowest BCUT2D eigenvalue weighted by atomic mass is 10.1. The fourth-order valence-electron chi connectivity index (χ4n) is 2.41. The van der Waals surface area contributed by atoms with Gasteiger partial charge in [-0.15, -0.1) is 0 Å². The molecule has 0 saturated carbocycles. The zero-order chi connectivity index (χ0) is 14.9. The maximum atomic E-state index is 12.5. The highest BCUT2D eigenvalue weighted by molar-refractivity contribution is 6.31. The molecule has 1 saturated heterocycles. The molecule has 1 aromatic carbocycles. The van der Waals surface area contributed by atoms with Crippen LogP contribution in [0.2, 0.25) is 5.02 Å². The van der Waals surface area contributed by atoms with E-state index in [4.69, 9.17) is 16.3 Å². The Morgan fingerprint density at radius 2 is 2.10 bits per heavy atom. The smallest absolute Gasteiger partial charge is 0.249 e. The van der Waals surface area contributed by atoms with Gasteiger partial charge in [-0.1, -0.05) is 11.6 Å². The number of carbonyl (C=O) groups is 2. The third-order valence-corrected chi connectivity index (χ3v) is 3.73. The molecule has 1 aliphatic heterocycles. The van der Waals surface area contributed by atoms with Gasteiger partial charge in [0.1, 0.15) is 11.8 Å². The van der Waals surface area contributed by atoms with Gasteiger partial charge < -0.3 is 14.5 Å². The Hall–Kier alpha value is -1.75. The third-order valence-electron chi connectivity index (χ3n) is 3.49. The van der Waals surface area contributed by atoms with E-state index in [-0.39, 0.29) is 11.8 Å². The number of anilines is 1. The molecule has 108 valence electrons. The van der Waals surface area contributed by atoms with Crippen molar-refractivity contribution in [3.63, 3.8) is 0 Å². The minimum absolute atomic E-state index is 0.0939.